The minimum absolute atomic E-state index is 0.0602. The lowest BCUT2D eigenvalue weighted by atomic mass is 10.1. The monoisotopic (exact) mass is 459 g/mol. The Morgan fingerprint density at radius 2 is 1.71 bits per heavy atom. The van der Waals surface area contributed by atoms with Gasteiger partial charge in [-0.1, -0.05) is 18.6 Å². The molecule has 1 aromatic heterocycles. The predicted octanol–water partition coefficient (Wildman–Crippen LogP) is 3.36. The maximum atomic E-state index is 12.8. The highest BCUT2D eigenvalue weighted by Gasteiger charge is 2.34. The average molecular weight is 460 g/mol. The lowest BCUT2D eigenvalue weighted by Crippen LogP contribution is -2.30. The van der Waals surface area contributed by atoms with Crippen LogP contribution in [0, 0.1) is 0 Å². The Hall–Kier alpha value is -3.81. The second-order valence-corrected chi connectivity index (χ2v) is 8.68. The normalized spacial score (nSPS) is 15.2. The largest absolute Gasteiger partial charge is 0.462 e. The fourth-order valence-corrected chi connectivity index (χ4v) is 4.61. The zero-order valence-electron chi connectivity index (χ0n) is 18.8. The van der Waals surface area contributed by atoms with Crippen molar-refractivity contribution in [3.63, 3.8) is 0 Å². The number of hydrogen-bond donors (Lipinski definition) is 0. The number of carbonyl (C=O) groups is 3. The molecule has 0 spiro atoms. The molecule has 0 N–H and O–H groups in total. The number of benzene rings is 2. The van der Waals surface area contributed by atoms with Crippen molar-refractivity contribution < 1.29 is 19.1 Å². The maximum absolute atomic E-state index is 12.8. The summed E-state index contributed by atoms with van der Waals surface area (Å²) in [6.07, 6.45) is 4.84. The number of imide groups is 1. The summed E-state index contributed by atoms with van der Waals surface area (Å²) < 4.78 is 7.13. The zero-order chi connectivity index (χ0) is 23.7. The van der Waals surface area contributed by atoms with Gasteiger partial charge in [0.2, 0.25) is 0 Å². The summed E-state index contributed by atoms with van der Waals surface area (Å²) in [6.45, 7) is 1.13. The number of nitrogens with zero attached hydrogens (tertiary/aromatic N) is 3. The van der Waals surface area contributed by atoms with Crippen LogP contribution in [0.15, 0.2) is 47.3 Å². The van der Waals surface area contributed by atoms with Gasteiger partial charge in [-0.3, -0.25) is 23.9 Å². The van der Waals surface area contributed by atoms with Crippen LogP contribution in [0.5, 0.6) is 0 Å². The molecule has 0 bridgehead atoms. The topological polar surface area (TPSA) is 98.6 Å². The average Bonchev–Trinajstić information content (AvgIpc) is 3.00. The number of fused-ring (bicyclic) bond motifs is 3. The lowest BCUT2D eigenvalue weighted by Gasteiger charge is -2.13. The Kier molecular flexibility index (Phi) is 5.96. The van der Waals surface area contributed by atoms with Crippen molar-refractivity contribution in [2.75, 3.05) is 13.2 Å². The molecule has 0 atom stereocenters. The van der Waals surface area contributed by atoms with Crippen LogP contribution >= 0.6 is 0 Å². The van der Waals surface area contributed by atoms with Crippen LogP contribution < -0.4 is 5.56 Å². The van der Waals surface area contributed by atoms with Gasteiger partial charge in [-0.2, -0.15) is 0 Å². The maximum Gasteiger partial charge on any atom is 0.338 e. The molecule has 0 aliphatic carbocycles. The van der Waals surface area contributed by atoms with Crippen LogP contribution in [0.2, 0.25) is 0 Å². The molecule has 0 saturated carbocycles. The molecule has 0 fully saturated rings. The third kappa shape index (κ3) is 4.00. The minimum atomic E-state index is -0.487. The number of amides is 2. The number of aryl methyl sites for hydroxylation is 1. The molecule has 2 aliphatic rings. The van der Waals surface area contributed by atoms with Crippen LogP contribution in [0.25, 0.3) is 10.9 Å². The number of esters is 1. The number of unbranched alkanes of at least 4 members (excludes halogenated alkanes) is 1. The quantitative estimate of drug-likeness (QED) is 0.318. The molecule has 8 nitrogen and oxygen atoms in total. The van der Waals surface area contributed by atoms with Crippen molar-refractivity contribution in [3.05, 3.63) is 75.3 Å². The van der Waals surface area contributed by atoms with Gasteiger partial charge in [0.15, 0.2) is 0 Å². The van der Waals surface area contributed by atoms with Crippen molar-refractivity contribution in [3.8, 4) is 0 Å². The minimum Gasteiger partial charge on any atom is -0.462 e. The van der Waals surface area contributed by atoms with E-state index in [-0.39, 0.29) is 30.5 Å². The number of aromatic nitrogens is 2. The third-order valence-corrected chi connectivity index (χ3v) is 6.44. The van der Waals surface area contributed by atoms with E-state index in [2.05, 4.69) is 4.98 Å². The summed E-state index contributed by atoms with van der Waals surface area (Å²) in [5, 5.41) is 0.503. The number of hydrogen-bond acceptors (Lipinski definition) is 6. The van der Waals surface area contributed by atoms with Gasteiger partial charge < -0.3 is 4.74 Å². The summed E-state index contributed by atoms with van der Waals surface area (Å²) >= 11 is 0. The van der Waals surface area contributed by atoms with Crippen molar-refractivity contribution in [1.82, 2.24) is 14.5 Å². The van der Waals surface area contributed by atoms with E-state index >= 15 is 0 Å². The molecule has 3 heterocycles. The Balaban J connectivity index is 1.18. The fourth-order valence-electron chi connectivity index (χ4n) is 4.61. The van der Waals surface area contributed by atoms with E-state index in [0.29, 0.717) is 47.0 Å². The van der Waals surface area contributed by atoms with E-state index in [1.54, 1.807) is 47.0 Å². The molecule has 34 heavy (non-hydrogen) atoms. The second-order valence-electron chi connectivity index (χ2n) is 8.68. The third-order valence-electron chi connectivity index (χ3n) is 6.44. The molecule has 5 rings (SSSR count). The van der Waals surface area contributed by atoms with Crippen LogP contribution in [0.3, 0.4) is 0 Å². The van der Waals surface area contributed by atoms with Gasteiger partial charge in [0.05, 0.1) is 34.2 Å². The van der Waals surface area contributed by atoms with Crippen molar-refractivity contribution in [2.45, 2.75) is 45.1 Å². The SMILES string of the molecule is O=C(OCCCCN1C(=O)c2ccccc2C1=O)c1ccc2c(=O)n3c(nc2c1)CCCCC3. The molecule has 3 aromatic rings. The fraction of sp³-hybridized carbons (Fsp3) is 0.346. The Bertz CT molecular complexity index is 1330. The van der Waals surface area contributed by atoms with Crippen LogP contribution in [0.1, 0.15) is 69.0 Å². The first kappa shape index (κ1) is 22.0. The first-order valence-electron chi connectivity index (χ1n) is 11.7. The van der Waals surface area contributed by atoms with Crippen molar-refractivity contribution >= 4 is 28.7 Å². The first-order valence-corrected chi connectivity index (χ1v) is 11.7. The number of rotatable bonds is 6. The Morgan fingerprint density at radius 3 is 2.47 bits per heavy atom. The lowest BCUT2D eigenvalue weighted by molar-refractivity contribution is 0.0485. The summed E-state index contributed by atoms with van der Waals surface area (Å²) in [5.74, 6) is -0.279. The van der Waals surface area contributed by atoms with Gasteiger partial charge in [-0.25, -0.2) is 9.78 Å². The van der Waals surface area contributed by atoms with E-state index in [0.717, 1.165) is 31.5 Å². The molecule has 0 radical (unpaired) electrons. The van der Waals surface area contributed by atoms with Crippen molar-refractivity contribution in [2.24, 2.45) is 0 Å². The van der Waals surface area contributed by atoms with Crippen LogP contribution in [-0.2, 0) is 17.7 Å². The number of carbonyl (C=O) groups excluding carboxylic acids is 3. The Labute approximate surface area is 196 Å². The molecule has 2 amide bonds. The van der Waals surface area contributed by atoms with Gasteiger partial charge in [-0.15, -0.1) is 0 Å². The summed E-state index contributed by atoms with van der Waals surface area (Å²) in [6, 6.07) is 11.6. The van der Waals surface area contributed by atoms with E-state index in [1.807, 2.05) is 0 Å². The highest BCUT2D eigenvalue weighted by Crippen LogP contribution is 2.23. The van der Waals surface area contributed by atoms with E-state index in [1.165, 1.54) is 4.90 Å². The molecule has 0 saturated heterocycles. The van der Waals surface area contributed by atoms with E-state index in [9.17, 15) is 19.2 Å². The smallest absolute Gasteiger partial charge is 0.338 e. The summed E-state index contributed by atoms with van der Waals surface area (Å²) in [7, 11) is 0. The van der Waals surface area contributed by atoms with Gasteiger partial charge in [0.25, 0.3) is 17.4 Å². The van der Waals surface area contributed by atoms with E-state index < -0.39 is 5.97 Å². The number of ether oxygens (including phenoxy) is 1. The van der Waals surface area contributed by atoms with E-state index in [4.69, 9.17) is 4.74 Å². The molecule has 8 heteroatoms. The molecule has 2 aromatic carbocycles. The highest BCUT2D eigenvalue weighted by molar-refractivity contribution is 6.21. The van der Waals surface area contributed by atoms with Crippen LogP contribution in [-0.4, -0.2) is 45.4 Å². The molecule has 174 valence electrons. The second kappa shape index (κ2) is 9.21. The van der Waals surface area contributed by atoms with Gasteiger partial charge >= 0.3 is 5.97 Å². The van der Waals surface area contributed by atoms with Gasteiger partial charge in [0, 0.05) is 19.5 Å². The first-order chi connectivity index (χ1) is 16.5. The van der Waals surface area contributed by atoms with Gasteiger partial charge in [0.1, 0.15) is 5.82 Å². The molecule has 0 unspecified atom stereocenters. The molecular formula is C26H25N3O5. The van der Waals surface area contributed by atoms with Crippen LogP contribution in [0.4, 0.5) is 0 Å². The zero-order valence-corrected chi connectivity index (χ0v) is 18.8. The van der Waals surface area contributed by atoms with Gasteiger partial charge in [-0.05, 0) is 56.0 Å². The summed E-state index contributed by atoms with van der Waals surface area (Å²) in [4.78, 5) is 56.0. The molecule has 2 aliphatic heterocycles. The molecular weight excluding hydrogens is 434 g/mol. The summed E-state index contributed by atoms with van der Waals surface area (Å²) in [5.41, 5.74) is 1.66. The highest BCUT2D eigenvalue weighted by atomic mass is 16.5. The predicted molar refractivity (Wildman–Crippen MR) is 125 cm³/mol. The van der Waals surface area contributed by atoms with Crippen molar-refractivity contribution in [1.29, 1.82) is 0 Å². The Morgan fingerprint density at radius 1 is 0.941 bits per heavy atom. The standard InChI is InChI=1S/C26H25N3O5/c30-23-18-8-3-4-9-19(18)24(31)29(23)14-6-7-15-34-26(33)17-11-12-20-21(16-17)27-22-10-2-1-5-13-28(22)25(20)32/h3-4,8-9,11-12,16H,1-2,5-7,10,13-15H2.